The third-order valence-electron chi connectivity index (χ3n) is 3.08. The van der Waals surface area contributed by atoms with Crippen LogP contribution >= 0.6 is 11.6 Å². The van der Waals surface area contributed by atoms with Crippen LogP contribution in [-0.2, 0) is 4.74 Å². The highest BCUT2D eigenvalue weighted by Gasteiger charge is 2.10. The third-order valence-corrected chi connectivity index (χ3v) is 3.33. The normalized spacial score (nSPS) is 13.2. The number of halogens is 1. The van der Waals surface area contributed by atoms with Gasteiger partial charge in [0.25, 0.3) is 0 Å². The molecule has 2 aromatic carbocycles. The molecular weight excluding hydrogens is 302 g/mol. The van der Waals surface area contributed by atoms with E-state index in [1.807, 2.05) is 12.1 Å². The number of hydrogen-bond donors (Lipinski definition) is 2. The van der Waals surface area contributed by atoms with Crippen LogP contribution in [0.15, 0.2) is 53.5 Å². The number of urea groups is 1. The van der Waals surface area contributed by atoms with Gasteiger partial charge in [0, 0.05) is 22.0 Å². The van der Waals surface area contributed by atoms with Gasteiger partial charge >= 0.3 is 6.03 Å². The predicted molar refractivity (Wildman–Crippen MR) is 87.9 cm³/mol. The molecule has 1 heterocycles. The quantitative estimate of drug-likeness (QED) is 0.905. The summed E-state index contributed by atoms with van der Waals surface area (Å²) >= 11 is 5.80. The molecule has 0 unspecified atom stereocenters. The van der Waals surface area contributed by atoms with Crippen LogP contribution in [0.2, 0.25) is 5.02 Å². The van der Waals surface area contributed by atoms with Crippen LogP contribution in [-0.4, -0.2) is 25.1 Å². The summed E-state index contributed by atoms with van der Waals surface area (Å²) in [5.41, 5.74) is 2.27. The van der Waals surface area contributed by atoms with Crippen molar-refractivity contribution in [2.24, 2.45) is 4.99 Å². The lowest BCUT2D eigenvalue weighted by molar-refractivity contribution is 0.262. The first kappa shape index (κ1) is 14.4. The summed E-state index contributed by atoms with van der Waals surface area (Å²) in [7, 11) is 0. The van der Waals surface area contributed by atoms with Crippen LogP contribution in [0.3, 0.4) is 0 Å². The fourth-order valence-corrected chi connectivity index (χ4v) is 2.16. The molecule has 6 heteroatoms. The second-order valence-electron chi connectivity index (χ2n) is 4.70. The second kappa shape index (κ2) is 6.49. The molecule has 112 valence electrons. The zero-order chi connectivity index (χ0) is 15.4. The van der Waals surface area contributed by atoms with Gasteiger partial charge in [0.2, 0.25) is 5.90 Å². The molecule has 1 aliphatic rings. The molecule has 0 saturated carbocycles. The van der Waals surface area contributed by atoms with Gasteiger partial charge in [0.05, 0.1) is 6.54 Å². The fraction of sp³-hybridized carbons (Fsp3) is 0.125. The SMILES string of the molecule is O=C(Nc1ccc(Cl)cc1)Nc1ccc(C2=NCCO2)cc1. The standard InChI is InChI=1S/C16H14ClN3O2/c17-12-3-7-14(8-4-12)20-16(21)19-13-5-1-11(2-6-13)15-18-9-10-22-15/h1-8H,9-10H2,(H2,19,20,21). The molecule has 0 aromatic heterocycles. The number of hydrogen-bond acceptors (Lipinski definition) is 3. The van der Waals surface area contributed by atoms with Crippen molar-refractivity contribution in [2.75, 3.05) is 23.8 Å². The van der Waals surface area contributed by atoms with E-state index in [1.54, 1.807) is 36.4 Å². The van der Waals surface area contributed by atoms with E-state index in [0.29, 0.717) is 35.4 Å². The first-order valence-corrected chi connectivity index (χ1v) is 7.20. The molecule has 2 amide bonds. The lowest BCUT2D eigenvalue weighted by Crippen LogP contribution is -2.19. The van der Waals surface area contributed by atoms with Crippen molar-refractivity contribution in [1.82, 2.24) is 0 Å². The highest BCUT2D eigenvalue weighted by Crippen LogP contribution is 2.15. The largest absolute Gasteiger partial charge is 0.476 e. The van der Waals surface area contributed by atoms with E-state index in [1.165, 1.54) is 0 Å². The van der Waals surface area contributed by atoms with Crippen LogP contribution in [0, 0.1) is 0 Å². The zero-order valence-corrected chi connectivity index (χ0v) is 12.4. The first-order chi connectivity index (χ1) is 10.7. The molecule has 2 N–H and O–H groups in total. The minimum absolute atomic E-state index is 0.315. The maximum Gasteiger partial charge on any atom is 0.323 e. The van der Waals surface area contributed by atoms with Crippen LogP contribution in [0.25, 0.3) is 0 Å². The Morgan fingerprint density at radius 1 is 1.00 bits per heavy atom. The Morgan fingerprint density at radius 3 is 2.14 bits per heavy atom. The van der Waals surface area contributed by atoms with E-state index in [-0.39, 0.29) is 6.03 Å². The van der Waals surface area contributed by atoms with E-state index in [2.05, 4.69) is 15.6 Å². The molecule has 22 heavy (non-hydrogen) atoms. The van der Waals surface area contributed by atoms with E-state index in [9.17, 15) is 4.79 Å². The van der Waals surface area contributed by atoms with Crippen LogP contribution < -0.4 is 10.6 Å². The van der Waals surface area contributed by atoms with Crippen molar-refractivity contribution in [3.63, 3.8) is 0 Å². The number of ether oxygens (including phenoxy) is 1. The molecule has 0 spiro atoms. The maximum atomic E-state index is 11.9. The number of rotatable bonds is 3. The summed E-state index contributed by atoms with van der Waals surface area (Å²) < 4.78 is 5.39. The minimum Gasteiger partial charge on any atom is -0.476 e. The smallest absolute Gasteiger partial charge is 0.323 e. The number of carbonyl (C=O) groups excluding carboxylic acids is 1. The van der Waals surface area contributed by atoms with Crippen molar-refractivity contribution < 1.29 is 9.53 Å². The zero-order valence-electron chi connectivity index (χ0n) is 11.7. The van der Waals surface area contributed by atoms with Gasteiger partial charge < -0.3 is 15.4 Å². The van der Waals surface area contributed by atoms with Gasteiger partial charge in [-0.05, 0) is 48.5 Å². The van der Waals surface area contributed by atoms with Crippen molar-refractivity contribution in [2.45, 2.75) is 0 Å². The average Bonchev–Trinajstić information content (AvgIpc) is 3.05. The molecule has 0 aliphatic carbocycles. The summed E-state index contributed by atoms with van der Waals surface area (Å²) in [6.07, 6.45) is 0. The fourth-order valence-electron chi connectivity index (χ4n) is 2.03. The van der Waals surface area contributed by atoms with Gasteiger partial charge in [0.15, 0.2) is 0 Å². The summed E-state index contributed by atoms with van der Waals surface area (Å²) in [6.45, 7) is 1.32. The molecule has 5 nitrogen and oxygen atoms in total. The molecule has 0 saturated heterocycles. The molecule has 0 bridgehead atoms. The Kier molecular flexibility index (Phi) is 4.25. The van der Waals surface area contributed by atoms with E-state index >= 15 is 0 Å². The Morgan fingerprint density at radius 2 is 1.59 bits per heavy atom. The highest BCUT2D eigenvalue weighted by atomic mass is 35.5. The average molecular weight is 316 g/mol. The van der Waals surface area contributed by atoms with E-state index in [0.717, 1.165) is 5.56 Å². The molecule has 1 aliphatic heterocycles. The second-order valence-corrected chi connectivity index (χ2v) is 5.14. The summed E-state index contributed by atoms with van der Waals surface area (Å²) in [5.74, 6) is 0.650. The molecule has 0 atom stereocenters. The summed E-state index contributed by atoms with van der Waals surface area (Å²) in [4.78, 5) is 16.1. The topological polar surface area (TPSA) is 62.7 Å². The van der Waals surface area contributed by atoms with Gasteiger partial charge in [0.1, 0.15) is 6.61 Å². The van der Waals surface area contributed by atoms with Gasteiger partial charge in [-0.1, -0.05) is 11.6 Å². The van der Waals surface area contributed by atoms with Gasteiger partial charge in [-0.2, -0.15) is 0 Å². The van der Waals surface area contributed by atoms with E-state index in [4.69, 9.17) is 16.3 Å². The van der Waals surface area contributed by atoms with Crippen molar-refractivity contribution in [3.05, 3.63) is 59.1 Å². The summed E-state index contributed by atoms with van der Waals surface area (Å²) in [6, 6.07) is 13.9. The molecule has 0 radical (unpaired) electrons. The molecule has 2 aromatic rings. The Balaban J connectivity index is 1.60. The van der Waals surface area contributed by atoms with Crippen molar-refractivity contribution in [1.29, 1.82) is 0 Å². The van der Waals surface area contributed by atoms with Crippen LogP contribution in [0.4, 0.5) is 16.2 Å². The lowest BCUT2D eigenvalue weighted by Gasteiger charge is -2.08. The van der Waals surface area contributed by atoms with Gasteiger partial charge in [-0.3, -0.25) is 0 Å². The number of benzene rings is 2. The number of amides is 2. The van der Waals surface area contributed by atoms with Crippen molar-refractivity contribution >= 4 is 34.9 Å². The summed E-state index contributed by atoms with van der Waals surface area (Å²) in [5, 5.41) is 6.11. The van der Waals surface area contributed by atoms with Gasteiger partial charge in [-0.25, -0.2) is 9.79 Å². The number of nitrogens with one attached hydrogen (secondary N) is 2. The molecule has 0 fully saturated rings. The Labute approximate surface area is 133 Å². The Hall–Kier alpha value is -2.53. The van der Waals surface area contributed by atoms with Gasteiger partial charge in [-0.15, -0.1) is 0 Å². The first-order valence-electron chi connectivity index (χ1n) is 6.82. The van der Waals surface area contributed by atoms with Crippen LogP contribution in [0.1, 0.15) is 5.56 Å². The number of aliphatic imine (C=N–C) groups is 1. The number of anilines is 2. The number of carbonyl (C=O) groups is 1. The lowest BCUT2D eigenvalue weighted by atomic mass is 10.2. The number of nitrogens with zero attached hydrogens (tertiary/aromatic N) is 1. The molecule has 3 rings (SSSR count). The third kappa shape index (κ3) is 3.56. The minimum atomic E-state index is -0.315. The van der Waals surface area contributed by atoms with E-state index < -0.39 is 0 Å². The maximum absolute atomic E-state index is 11.9. The Bertz CT molecular complexity index is 696. The highest BCUT2D eigenvalue weighted by molar-refractivity contribution is 6.30. The monoisotopic (exact) mass is 315 g/mol. The predicted octanol–water partition coefficient (Wildman–Crippen LogP) is 3.76. The van der Waals surface area contributed by atoms with Crippen molar-refractivity contribution in [3.8, 4) is 0 Å². The molecular formula is C16H14ClN3O2. The van der Waals surface area contributed by atoms with Crippen LogP contribution in [0.5, 0.6) is 0 Å².